The first kappa shape index (κ1) is 22.7. The number of halogens is 1. The zero-order valence-electron chi connectivity index (χ0n) is 18.3. The van der Waals surface area contributed by atoms with Crippen LogP contribution in [0.25, 0.3) is 0 Å². The van der Waals surface area contributed by atoms with E-state index in [4.69, 9.17) is 16.3 Å². The number of likely N-dealkylation sites (tertiary alicyclic amines) is 1. The van der Waals surface area contributed by atoms with Gasteiger partial charge in [0.25, 0.3) is 0 Å². The molecule has 1 saturated heterocycles. The van der Waals surface area contributed by atoms with E-state index < -0.39 is 17.0 Å². The third-order valence-corrected chi connectivity index (χ3v) is 7.56. The fourth-order valence-electron chi connectivity index (χ4n) is 4.22. The van der Waals surface area contributed by atoms with Gasteiger partial charge in [-0.1, -0.05) is 17.7 Å². The topological polar surface area (TPSA) is 64.6 Å². The summed E-state index contributed by atoms with van der Waals surface area (Å²) in [6, 6.07) is 5.98. The molecular weight excluding hydrogens is 408 g/mol. The Balaban J connectivity index is 1.81. The van der Waals surface area contributed by atoms with E-state index in [-0.39, 0.29) is 22.3 Å². The largest absolute Gasteiger partial charge is 0.598 e. The second kappa shape index (κ2) is 7.95. The van der Waals surface area contributed by atoms with Crippen LogP contribution in [0.2, 0.25) is 5.02 Å². The SMILES string of the molecule is CC(C)(C)OC(=O)N1CCC2(CC1)Cc1cc(Cl)ccc1[C@@H]2N[S@+]([O-])C(C)(C)C. The Morgan fingerprint density at radius 3 is 2.41 bits per heavy atom. The third-order valence-electron chi connectivity index (χ3n) is 5.76. The van der Waals surface area contributed by atoms with Crippen molar-refractivity contribution in [2.75, 3.05) is 13.1 Å². The molecule has 3 rings (SSSR count). The fraction of sp³-hybridized carbons (Fsp3) is 0.682. The summed E-state index contributed by atoms with van der Waals surface area (Å²) in [6.07, 6.45) is 2.28. The lowest BCUT2D eigenvalue weighted by atomic mass is 9.73. The Morgan fingerprint density at radius 2 is 1.86 bits per heavy atom. The van der Waals surface area contributed by atoms with E-state index in [1.54, 1.807) is 4.90 Å². The number of rotatable bonds is 2. The van der Waals surface area contributed by atoms with Crippen molar-refractivity contribution in [1.82, 2.24) is 9.62 Å². The first-order chi connectivity index (χ1) is 13.3. The predicted octanol–water partition coefficient (Wildman–Crippen LogP) is 5.01. The summed E-state index contributed by atoms with van der Waals surface area (Å²) >= 11 is 5.07. The summed E-state index contributed by atoms with van der Waals surface area (Å²) < 4.78 is 21.6. The van der Waals surface area contributed by atoms with Gasteiger partial charge in [-0.05, 0) is 84.1 Å². The highest BCUT2D eigenvalue weighted by atomic mass is 35.5. The summed E-state index contributed by atoms with van der Waals surface area (Å²) in [5, 5.41) is 0.725. The van der Waals surface area contributed by atoms with E-state index in [1.165, 1.54) is 11.1 Å². The maximum Gasteiger partial charge on any atom is 0.410 e. The standard InChI is InChI=1S/C22H33ClN2O3S/c1-20(2,3)28-19(26)25-11-9-22(10-12-25)14-15-13-16(23)7-8-17(15)18(22)24-29(27)21(4,5)6/h7-8,13,18,24H,9-12,14H2,1-6H3/t18-,29+/m0/s1. The number of piperidine rings is 1. The quantitative estimate of drug-likeness (QED) is 0.656. The second-order valence-corrected chi connectivity index (χ2v) is 12.7. The summed E-state index contributed by atoms with van der Waals surface area (Å²) in [4.78, 5) is 14.3. The smallest absolute Gasteiger partial charge is 0.410 e. The maximum absolute atomic E-state index is 12.9. The lowest BCUT2D eigenvalue weighted by molar-refractivity contribution is 0.00716. The molecule has 5 nitrogen and oxygen atoms in total. The van der Waals surface area contributed by atoms with Crippen molar-refractivity contribution in [3.05, 3.63) is 34.3 Å². The number of carbonyl (C=O) groups is 1. The Hall–Kier alpha value is -0.950. The number of benzene rings is 1. The highest BCUT2D eigenvalue weighted by Crippen LogP contribution is 2.53. The van der Waals surface area contributed by atoms with Crippen LogP contribution in [0.1, 0.15) is 71.6 Å². The number of carbonyl (C=O) groups excluding carboxylic acids is 1. The summed E-state index contributed by atoms with van der Waals surface area (Å²) in [6.45, 7) is 12.9. The Kier molecular flexibility index (Phi) is 6.23. The molecule has 0 saturated carbocycles. The van der Waals surface area contributed by atoms with E-state index in [0.29, 0.717) is 13.1 Å². The molecule has 1 N–H and O–H groups in total. The van der Waals surface area contributed by atoms with Crippen LogP contribution in [0.5, 0.6) is 0 Å². The number of hydrogen-bond donors (Lipinski definition) is 1. The first-order valence-corrected chi connectivity index (χ1v) is 11.8. The normalized spacial score (nSPS) is 22.5. The van der Waals surface area contributed by atoms with Gasteiger partial charge in [-0.25, -0.2) is 4.79 Å². The van der Waals surface area contributed by atoms with Gasteiger partial charge in [-0.2, -0.15) is 0 Å². The lowest BCUT2D eigenvalue weighted by Gasteiger charge is -2.43. The minimum Gasteiger partial charge on any atom is -0.598 e. The molecule has 1 aliphatic carbocycles. The molecule has 2 atom stereocenters. The molecule has 0 radical (unpaired) electrons. The highest BCUT2D eigenvalue weighted by Gasteiger charge is 2.51. The van der Waals surface area contributed by atoms with Crippen LogP contribution >= 0.6 is 11.6 Å². The van der Waals surface area contributed by atoms with Crippen molar-refractivity contribution in [2.45, 2.75) is 77.2 Å². The molecule has 1 heterocycles. The number of fused-ring (bicyclic) bond motifs is 1. The third kappa shape index (κ3) is 5.04. The Morgan fingerprint density at radius 1 is 1.24 bits per heavy atom. The van der Waals surface area contributed by atoms with Crippen molar-refractivity contribution >= 4 is 29.1 Å². The molecule has 0 bridgehead atoms. The number of nitrogens with zero attached hydrogens (tertiary/aromatic N) is 1. The molecule has 1 fully saturated rings. The van der Waals surface area contributed by atoms with Gasteiger partial charge in [0, 0.05) is 34.9 Å². The van der Waals surface area contributed by atoms with Crippen molar-refractivity contribution in [1.29, 1.82) is 0 Å². The minimum absolute atomic E-state index is 0.0180. The van der Waals surface area contributed by atoms with Gasteiger partial charge < -0.3 is 14.2 Å². The molecule has 1 spiro atoms. The second-order valence-electron chi connectivity index (χ2n) is 10.3. The summed E-state index contributed by atoms with van der Waals surface area (Å²) in [7, 11) is 0. The van der Waals surface area contributed by atoms with Crippen LogP contribution in [0, 0.1) is 5.41 Å². The van der Waals surface area contributed by atoms with Gasteiger partial charge in [0.05, 0.1) is 6.04 Å². The zero-order chi connectivity index (χ0) is 21.6. The molecule has 1 aromatic rings. The van der Waals surface area contributed by atoms with Crippen LogP contribution in [-0.2, 0) is 22.5 Å². The van der Waals surface area contributed by atoms with Gasteiger partial charge in [-0.15, -0.1) is 4.72 Å². The molecule has 29 heavy (non-hydrogen) atoms. The lowest BCUT2D eigenvalue weighted by Crippen LogP contribution is -2.51. The van der Waals surface area contributed by atoms with E-state index in [9.17, 15) is 9.35 Å². The van der Waals surface area contributed by atoms with Crippen LogP contribution in [0.4, 0.5) is 4.79 Å². The molecule has 0 aromatic heterocycles. The summed E-state index contributed by atoms with van der Waals surface area (Å²) in [5.74, 6) is 0. The molecule has 1 aromatic carbocycles. The number of nitrogens with one attached hydrogen (secondary N) is 1. The van der Waals surface area contributed by atoms with Gasteiger partial charge >= 0.3 is 6.09 Å². The number of hydrogen-bond acceptors (Lipinski definition) is 4. The summed E-state index contributed by atoms with van der Waals surface area (Å²) in [5.41, 5.74) is 1.82. The van der Waals surface area contributed by atoms with Crippen molar-refractivity contribution < 1.29 is 14.1 Å². The fourth-order valence-corrected chi connectivity index (χ4v) is 5.36. The molecule has 0 unspecified atom stereocenters. The Bertz CT molecular complexity index is 764. The van der Waals surface area contributed by atoms with Crippen molar-refractivity contribution in [3.8, 4) is 0 Å². The van der Waals surface area contributed by atoms with Gasteiger partial charge in [-0.3, -0.25) is 0 Å². The van der Waals surface area contributed by atoms with E-state index in [0.717, 1.165) is 24.3 Å². The van der Waals surface area contributed by atoms with Crippen LogP contribution in [0.15, 0.2) is 18.2 Å². The van der Waals surface area contributed by atoms with Crippen molar-refractivity contribution in [2.24, 2.45) is 5.41 Å². The van der Waals surface area contributed by atoms with E-state index in [1.807, 2.05) is 53.7 Å². The average Bonchev–Trinajstić information content (AvgIpc) is 2.85. The van der Waals surface area contributed by atoms with Gasteiger partial charge in [0.15, 0.2) is 0 Å². The predicted molar refractivity (Wildman–Crippen MR) is 118 cm³/mol. The van der Waals surface area contributed by atoms with E-state index >= 15 is 0 Å². The zero-order valence-corrected chi connectivity index (χ0v) is 19.9. The van der Waals surface area contributed by atoms with Crippen LogP contribution < -0.4 is 4.72 Å². The molecular formula is C22H33ClN2O3S. The van der Waals surface area contributed by atoms with Crippen LogP contribution in [0.3, 0.4) is 0 Å². The molecule has 1 aliphatic heterocycles. The van der Waals surface area contributed by atoms with Crippen molar-refractivity contribution in [3.63, 3.8) is 0 Å². The molecule has 1 amide bonds. The average molecular weight is 441 g/mol. The molecule has 162 valence electrons. The Labute approximate surface area is 182 Å². The molecule has 2 aliphatic rings. The minimum atomic E-state index is -1.19. The van der Waals surface area contributed by atoms with E-state index in [2.05, 4.69) is 10.8 Å². The number of ether oxygens (including phenoxy) is 1. The first-order valence-electron chi connectivity index (χ1n) is 10.3. The van der Waals surface area contributed by atoms with Crippen LogP contribution in [-0.4, -0.2) is 39.0 Å². The highest BCUT2D eigenvalue weighted by molar-refractivity contribution is 7.90. The monoisotopic (exact) mass is 440 g/mol. The van der Waals surface area contributed by atoms with Gasteiger partial charge in [0.1, 0.15) is 10.3 Å². The maximum atomic E-state index is 12.9. The number of amides is 1. The molecule has 7 heteroatoms. The van der Waals surface area contributed by atoms with Gasteiger partial charge in [0.2, 0.25) is 0 Å².